The van der Waals surface area contributed by atoms with Gasteiger partial charge in [-0.25, -0.2) is 9.37 Å². The van der Waals surface area contributed by atoms with Crippen LogP contribution < -0.4 is 16.2 Å². The molecule has 0 unspecified atom stereocenters. The average Bonchev–Trinajstić information content (AvgIpc) is 2.90. The topological polar surface area (TPSA) is 93.1 Å². The molecular weight excluding hydrogens is 491 g/mol. The van der Waals surface area contributed by atoms with E-state index in [1.165, 1.54) is 10.6 Å². The van der Waals surface area contributed by atoms with Crippen molar-refractivity contribution < 1.29 is 14.0 Å². The van der Waals surface area contributed by atoms with Crippen LogP contribution in [-0.2, 0) is 11.3 Å². The van der Waals surface area contributed by atoms with Gasteiger partial charge in [-0.3, -0.25) is 19.0 Å². The highest BCUT2D eigenvalue weighted by Crippen LogP contribution is 2.20. The molecule has 0 aliphatic carbocycles. The van der Waals surface area contributed by atoms with Gasteiger partial charge < -0.3 is 10.6 Å². The summed E-state index contributed by atoms with van der Waals surface area (Å²) in [6, 6.07) is 18.6. The van der Waals surface area contributed by atoms with Gasteiger partial charge in [0.1, 0.15) is 5.82 Å². The Morgan fingerprint density at radius 1 is 1.05 bits per heavy atom. The zero-order valence-electron chi connectivity index (χ0n) is 20.6. The summed E-state index contributed by atoms with van der Waals surface area (Å²) in [5, 5.41) is 6.38. The number of carbonyl (C=O) groups excluding carboxylic acids is 2. The standard InChI is InChI=1S/C28H27FN4O3S/c1-3-14-30-26(35)20-11-9-19(10-12-20)16-33-27(36)22-6-4-5-7-24(22)32-28(33)37-17-25(34)31-21-13-8-18(2)23(29)15-21/h4-13,15H,3,14,16-17H2,1-2H3,(H,30,35)(H,31,34). The Balaban J connectivity index is 1.56. The Bertz CT molecular complexity index is 1500. The fraction of sp³-hybridized carbons (Fsp3) is 0.214. The molecule has 0 aliphatic rings. The minimum Gasteiger partial charge on any atom is -0.352 e. The summed E-state index contributed by atoms with van der Waals surface area (Å²) < 4.78 is 15.4. The van der Waals surface area contributed by atoms with Crippen molar-refractivity contribution in [2.24, 2.45) is 0 Å². The van der Waals surface area contributed by atoms with Crippen LogP contribution >= 0.6 is 11.8 Å². The summed E-state index contributed by atoms with van der Waals surface area (Å²) in [7, 11) is 0. The third-order valence-electron chi connectivity index (χ3n) is 5.71. The van der Waals surface area contributed by atoms with Gasteiger partial charge in [-0.2, -0.15) is 0 Å². The first-order valence-electron chi connectivity index (χ1n) is 11.9. The highest BCUT2D eigenvalue weighted by atomic mass is 32.2. The normalized spacial score (nSPS) is 10.9. The lowest BCUT2D eigenvalue weighted by Gasteiger charge is -2.14. The number of nitrogens with one attached hydrogen (secondary N) is 2. The maximum Gasteiger partial charge on any atom is 0.262 e. The Morgan fingerprint density at radius 2 is 1.81 bits per heavy atom. The number of hydrogen-bond acceptors (Lipinski definition) is 5. The smallest absolute Gasteiger partial charge is 0.262 e. The molecule has 0 saturated heterocycles. The van der Waals surface area contributed by atoms with Gasteiger partial charge in [0.15, 0.2) is 5.16 Å². The van der Waals surface area contributed by atoms with Crippen LogP contribution in [0.2, 0.25) is 0 Å². The van der Waals surface area contributed by atoms with Crippen molar-refractivity contribution in [3.05, 3.63) is 99.6 Å². The third kappa shape index (κ3) is 6.42. The molecule has 4 aromatic rings. The van der Waals surface area contributed by atoms with E-state index in [0.29, 0.717) is 39.4 Å². The first-order chi connectivity index (χ1) is 17.9. The zero-order valence-corrected chi connectivity index (χ0v) is 21.4. The molecule has 4 rings (SSSR count). The maximum absolute atomic E-state index is 13.8. The average molecular weight is 519 g/mol. The van der Waals surface area contributed by atoms with E-state index in [1.807, 2.05) is 6.92 Å². The number of benzene rings is 3. The van der Waals surface area contributed by atoms with Crippen molar-refractivity contribution in [2.45, 2.75) is 32.0 Å². The van der Waals surface area contributed by atoms with E-state index in [2.05, 4.69) is 15.6 Å². The summed E-state index contributed by atoms with van der Waals surface area (Å²) in [6.07, 6.45) is 0.849. The van der Waals surface area contributed by atoms with E-state index in [4.69, 9.17) is 0 Å². The summed E-state index contributed by atoms with van der Waals surface area (Å²) >= 11 is 1.13. The first kappa shape index (κ1) is 26.1. The van der Waals surface area contributed by atoms with Gasteiger partial charge in [0.2, 0.25) is 5.91 Å². The summed E-state index contributed by atoms with van der Waals surface area (Å²) in [6.45, 7) is 4.46. The van der Waals surface area contributed by atoms with Crippen LogP contribution in [0.5, 0.6) is 0 Å². The number of rotatable bonds is 9. The molecular formula is C28H27FN4O3S. The number of aromatic nitrogens is 2. The first-order valence-corrected chi connectivity index (χ1v) is 12.9. The second-order valence-corrected chi connectivity index (χ2v) is 9.50. The van der Waals surface area contributed by atoms with Crippen LogP contribution in [0.1, 0.15) is 34.8 Å². The van der Waals surface area contributed by atoms with E-state index >= 15 is 0 Å². The molecule has 2 N–H and O–H groups in total. The number of amides is 2. The number of hydrogen-bond donors (Lipinski definition) is 2. The molecule has 0 spiro atoms. The molecule has 190 valence electrons. The molecule has 1 aromatic heterocycles. The Labute approximate surface area is 218 Å². The van der Waals surface area contributed by atoms with Crippen LogP contribution in [0.15, 0.2) is 76.7 Å². The molecule has 0 aliphatic heterocycles. The zero-order chi connectivity index (χ0) is 26.4. The lowest BCUT2D eigenvalue weighted by molar-refractivity contribution is -0.113. The molecule has 9 heteroatoms. The van der Waals surface area contributed by atoms with E-state index in [0.717, 1.165) is 23.7 Å². The van der Waals surface area contributed by atoms with Crippen molar-refractivity contribution in [1.29, 1.82) is 0 Å². The van der Waals surface area contributed by atoms with Crippen molar-refractivity contribution in [3.63, 3.8) is 0 Å². The summed E-state index contributed by atoms with van der Waals surface area (Å²) in [4.78, 5) is 42.8. The number of fused-ring (bicyclic) bond motifs is 1. The number of carbonyl (C=O) groups is 2. The number of halogens is 1. The highest BCUT2D eigenvalue weighted by Gasteiger charge is 2.15. The molecule has 2 amide bonds. The SMILES string of the molecule is CCCNC(=O)c1ccc(Cn2c(SCC(=O)Nc3ccc(C)c(F)c3)nc3ccccc3c2=O)cc1. The number of thioether (sulfide) groups is 1. The Hall–Kier alpha value is -3.98. The van der Waals surface area contributed by atoms with Crippen LogP contribution in [0.3, 0.4) is 0 Å². The molecule has 0 radical (unpaired) electrons. The van der Waals surface area contributed by atoms with Crippen molar-refractivity contribution in [1.82, 2.24) is 14.9 Å². The molecule has 3 aromatic carbocycles. The Kier molecular flexibility index (Phi) is 8.35. The minimum atomic E-state index is -0.399. The van der Waals surface area contributed by atoms with Gasteiger partial charge in [-0.05, 0) is 60.9 Å². The molecule has 7 nitrogen and oxygen atoms in total. The largest absolute Gasteiger partial charge is 0.352 e. The second-order valence-electron chi connectivity index (χ2n) is 8.56. The quantitative estimate of drug-likeness (QED) is 0.246. The van der Waals surface area contributed by atoms with E-state index in [-0.39, 0.29) is 29.7 Å². The fourth-order valence-electron chi connectivity index (χ4n) is 3.68. The van der Waals surface area contributed by atoms with Gasteiger partial charge >= 0.3 is 0 Å². The highest BCUT2D eigenvalue weighted by molar-refractivity contribution is 7.99. The van der Waals surface area contributed by atoms with Gasteiger partial charge in [0.25, 0.3) is 11.5 Å². The predicted molar refractivity (Wildman–Crippen MR) is 145 cm³/mol. The van der Waals surface area contributed by atoms with Crippen molar-refractivity contribution >= 4 is 40.2 Å². The summed E-state index contributed by atoms with van der Waals surface area (Å²) in [5.41, 5.74) is 2.52. The van der Waals surface area contributed by atoms with Gasteiger partial charge in [0.05, 0.1) is 23.2 Å². The van der Waals surface area contributed by atoms with E-state index < -0.39 is 5.82 Å². The third-order valence-corrected chi connectivity index (χ3v) is 6.68. The van der Waals surface area contributed by atoms with E-state index in [1.54, 1.807) is 67.6 Å². The minimum absolute atomic E-state index is 0.0171. The van der Waals surface area contributed by atoms with Crippen molar-refractivity contribution in [2.75, 3.05) is 17.6 Å². The molecule has 0 atom stereocenters. The van der Waals surface area contributed by atoms with Gasteiger partial charge in [-0.15, -0.1) is 0 Å². The maximum atomic E-state index is 13.8. The molecule has 1 heterocycles. The van der Waals surface area contributed by atoms with Crippen LogP contribution in [0, 0.1) is 12.7 Å². The predicted octanol–water partition coefficient (Wildman–Crippen LogP) is 4.76. The number of nitrogens with zero attached hydrogens (tertiary/aromatic N) is 2. The fourth-order valence-corrected chi connectivity index (χ4v) is 4.48. The van der Waals surface area contributed by atoms with Crippen LogP contribution in [0.4, 0.5) is 10.1 Å². The second kappa shape index (κ2) is 11.8. The monoisotopic (exact) mass is 518 g/mol. The Morgan fingerprint density at radius 3 is 2.54 bits per heavy atom. The van der Waals surface area contributed by atoms with Crippen LogP contribution in [-0.4, -0.2) is 33.7 Å². The van der Waals surface area contributed by atoms with E-state index in [9.17, 15) is 18.8 Å². The van der Waals surface area contributed by atoms with Gasteiger partial charge in [0, 0.05) is 17.8 Å². The lowest BCUT2D eigenvalue weighted by atomic mass is 10.1. The van der Waals surface area contributed by atoms with Crippen LogP contribution in [0.25, 0.3) is 10.9 Å². The molecule has 0 fully saturated rings. The van der Waals surface area contributed by atoms with Gasteiger partial charge in [-0.1, -0.05) is 49.0 Å². The molecule has 37 heavy (non-hydrogen) atoms. The van der Waals surface area contributed by atoms with Crippen molar-refractivity contribution in [3.8, 4) is 0 Å². The number of aryl methyl sites for hydroxylation is 1. The number of anilines is 1. The molecule has 0 bridgehead atoms. The lowest BCUT2D eigenvalue weighted by Crippen LogP contribution is -2.25. The molecule has 0 saturated carbocycles. The number of para-hydroxylation sites is 1. The summed E-state index contributed by atoms with van der Waals surface area (Å²) in [5.74, 6) is -0.903.